The van der Waals surface area contributed by atoms with Gasteiger partial charge in [0.15, 0.2) is 5.84 Å². The fraction of sp³-hybridized carbons (Fsp3) is 0.833. The monoisotopic (exact) mass is 256 g/mol. The second kappa shape index (κ2) is 6.58. The second-order valence-corrected chi connectivity index (χ2v) is 5.27. The first-order valence-electron chi connectivity index (χ1n) is 6.42. The van der Waals surface area contributed by atoms with E-state index in [0.29, 0.717) is 12.6 Å². The average Bonchev–Trinajstić information content (AvgIpc) is 2.71. The van der Waals surface area contributed by atoms with E-state index in [0.717, 1.165) is 13.0 Å². The number of amides is 1. The maximum Gasteiger partial charge on any atom is 0.231 e. The Kier molecular flexibility index (Phi) is 5.40. The molecule has 2 atom stereocenters. The lowest BCUT2D eigenvalue weighted by molar-refractivity contribution is -0.124. The van der Waals surface area contributed by atoms with Crippen molar-refractivity contribution in [3.05, 3.63) is 0 Å². The summed E-state index contributed by atoms with van der Waals surface area (Å²) in [6.07, 6.45) is 2.28. The Morgan fingerprint density at radius 2 is 2.28 bits per heavy atom. The molecule has 0 radical (unpaired) electrons. The number of nitrogens with one attached hydrogen (secondary N) is 1. The van der Waals surface area contributed by atoms with E-state index in [-0.39, 0.29) is 17.7 Å². The summed E-state index contributed by atoms with van der Waals surface area (Å²) in [5.74, 6) is -0.758. The third kappa shape index (κ3) is 3.60. The first kappa shape index (κ1) is 14.8. The molecule has 0 bridgehead atoms. The molecule has 1 aliphatic rings. The van der Waals surface area contributed by atoms with Crippen LogP contribution in [0.4, 0.5) is 0 Å². The molecule has 0 spiro atoms. The van der Waals surface area contributed by atoms with Crippen LogP contribution in [0.5, 0.6) is 0 Å². The zero-order chi connectivity index (χ0) is 13.7. The van der Waals surface area contributed by atoms with Crippen LogP contribution in [0.3, 0.4) is 0 Å². The Hall–Kier alpha value is -1.30. The van der Waals surface area contributed by atoms with Crippen LogP contribution >= 0.6 is 0 Å². The minimum atomic E-state index is -0.568. The van der Waals surface area contributed by atoms with Crippen molar-refractivity contribution < 1.29 is 10.0 Å². The molecule has 0 aromatic heterocycles. The molecule has 4 N–H and O–H groups in total. The smallest absolute Gasteiger partial charge is 0.231 e. The highest BCUT2D eigenvalue weighted by molar-refractivity contribution is 6.02. The number of amidine groups is 1. The van der Waals surface area contributed by atoms with Gasteiger partial charge in [0, 0.05) is 12.6 Å². The topological polar surface area (TPSA) is 91.0 Å². The summed E-state index contributed by atoms with van der Waals surface area (Å²) in [5.41, 5.74) is 5.56. The lowest BCUT2D eigenvalue weighted by Gasteiger charge is -2.23. The number of likely N-dealkylation sites (tertiary alicyclic amines) is 1. The van der Waals surface area contributed by atoms with Gasteiger partial charge in [-0.15, -0.1) is 0 Å². The van der Waals surface area contributed by atoms with Gasteiger partial charge < -0.3 is 21.2 Å². The number of carbonyl (C=O) groups is 1. The summed E-state index contributed by atoms with van der Waals surface area (Å²) in [6, 6.07) is 0.397. The van der Waals surface area contributed by atoms with Gasteiger partial charge in [-0.05, 0) is 32.4 Å². The number of carbonyl (C=O) groups excluding carboxylic acids is 1. The molecule has 0 aromatic carbocycles. The van der Waals surface area contributed by atoms with Gasteiger partial charge in [0.25, 0.3) is 0 Å². The van der Waals surface area contributed by atoms with Gasteiger partial charge in [-0.25, -0.2) is 0 Å². The molecule has 0 aromatic rings. The van der Waals surface area contributed by atoms with Crippen molar-refractivity contribution in [2.75, 3.05) is 20.1 Å². The fourth-order valence-electron chi connectivity index (χ4n) is 2.41. The summed E-state index contributed by atoms with van der Waals surface area (Å²) in [4.78, 5) is 14.3. The second-order valence-electron chi connectivity index (χ2n) is 5.27. The van der Waals surface area contributed by atoms with E-state index in [1.807, 2.05) is 13.8 Å². The van der Waals surface area contributed by atoms with E-state index in [1.165, 1.54) is 6.42 Å². The standard InChI is InChI=1S/C12H24N4O2/c1-8(2)10(11(13)15-18)12(17)14-7-9-5-4-6-16(9)3/h8-10,18H,4-7H2,1-3H3,(H2,13,15)(H,14,17). The van der Waals surface area contributed by atoms with Crippen LogP contribution < -0.4 is 11.1 Å². The SMILES string of the molecule is CC(C)C(C(=O)NCC1CCCN1C)C(N)=NO. The molecule has 1 saturated heterocycles. The molecule has 0 aliphatic carbocycles. The van der Waals surface area contributed by atoms with Crippen LogP contribution in [0, 0.1) is 11.8 Å². The Balaban J connectivity index is 2.52. The number of nitrogens with two attached hydrogens (primary N) is 1. The number of nitrogens with zero attached hydrogens (tertiary/aromatic N) is 2. The number of hydrogen-bond acceptors (Lipinski definition) is 4. The molecule has 0 saturated carbocycles. The van der Waals surface area contributed by atoms with Crippen LogP contribution in [-0.2, 0) is 4.79 Å². The van der Waals surface area contributed by atoms with Crippen molar-refractivity contribution in [3.8, 4) is 0 Å². The fourth-order valence-corrected chi connectivity index (χ4v) is 2.41. The molecular formula is C12H24N4O2. The highest BCUT2D eigenvalue weighted by atomic mass is 16.4. The largest absolute Gasteiger partial charge is 0.409 e. The summed E-state index contributed by atoms with van der Waals surface area (Å²) in [5, 5.41) is 14.5. The molecule has 2 unspecified atom stereocenters. The Bertz CT molecular complexity index is 317. The van der Waals surface area contributed by atoms with E-state index in [2.05, 4.69) is 22.4 Å². The van der Waals surface area contributed by atoms with Crippen molar-refractivity contribution in [2.24, 2.45) is 22.7 Å². The summed E-state index contributed by atoms with van der Waals surface area (Å²) in [7, 11) is 2.06. The Morgan fingerprint density at radius 3 is 2.72 bits per heavy atom. The van der Waals surface area contributed by atoms with Gasteiger partial charge in [0.2, 0.25) is 5.91 Å². The first-order valence-corrected chi connectivity index (χ1v) is 6.42. The van der Waals surface area contributed by atoms with Crippen molar-refractivity contribution in [1.29, 1.82) is 0 Å². The lowest BCUT2D eigenvalue weighted by atomic mass is 9.94. The number of rotatable bonds is 5. The summed E-state index contributed by atoms with van der Waals surface area (Å²) in [6.45, 7) is 5.46. The molecule has 6 heteroatoms. The van der Waals surface area contributed by atoms with E-state index in [9.17, 15) is 4.79 Å². The van der Waals surface area contributed by atoms with E-state index in [1.54, 1.807) is 0 Å². The normalized spacial score (nSPS) is 23.3. The highest BCUT2D eigenvalue weighted by Gasteiger charge is 2.28. The van der Waals surface area contributed by atoms with Crippen LogP contribution in [0.25, 0.3) is 0 Å². The third-order valence-corrected chi connectivity index (χ3v) is 3.57. The molecule has 1 fully saturated rings. The van der Waals surface area contributed by atoms with Gasteiger partial charge in [-0.2, -0.15) is 0 Å². The third-order valence-electron chi connectivity index (χ3n) is 3.57. The number of oxime groups is 1. The van der Waals surface area contributed by atoms with Gasteiger partial charge in [0.05, 0.1) is 0 Å². The zero-order valence-electron chi connectivity index (χ0n) is 11.4. The van der Waals surface area contributed by atoms with E-state index in [4.69, 9.17) is 10.9 Å². The number of hydrogen-bond donors (Lipinski definition) is 3. The maximum absolute atomic E-state index is 12.0. The van der Waals surface area contributed by atoms with Crippen LogP contribution in [-0.4, -0.2) is 48.0 Å². The minimum Gasteiger partial charge on any atom is -0.409 e. The Labute approximate surface area is 108 Å². The molecular weight excluding hydrogens is 232 g/mol. The average molecular weight is 256 g/mol. The quantitative estimate of drug-likeness (QED) is 0.284. The molecule has 1 heterocycles. The van der Waals surface area contributed by atoms with Crippen LogP contribution in [0.2, 0.25) is 0 Å². The van der Waals surface area contributed by atoms with Crippen molar-refractivity contribution in [1.82, 2.24) is 10.2 Å². The van der Waals surface area contributed by atoms with Crippen molar-refractivity contribution in [2.45, 2.75) is 32.7 Å². The summed E-state index contributed by atoms with van der Waals surface area (Å²) < 4.78 is 0. The van der Waals surface area contributed by atoms with Crippen LogP contribution in [0.1, 0.15) is 26.7 Å². The molecule has 104 valence electrons. The van der Waals surface area contributed by atoms with Gasteiger partial charge in [-0.3, -0.25) is 4.79 Å². The Morgan fingerprint density at radius 1 is 1.61 bits per heavy atom. The van der Waals surface area contributed by atoms with Crippen molar-refractivity contribution >= 4 is 11.7 Å². The predicted molar refractivity (Wildman–Crippen MR) is 70.4 cm³/mol. The van der Waals surface area contributed by atoms with Gasteiger partial charge in [-0.1, -0.05) is 19.0 Å². The molecule has 18 heavy (non-hydrogen) atoms. The highest BCUT2D eigenvalue weighted by Crippen LogP contribution is 2.15. The van der Waals surface area contributed by atoms with Crippen LogP contribution in [0.15, 0.2) is 5.16 Å². The van der Waals surface area contributed by atoms with E-state index >= 15 is 0 Å². The van der Waals surface area contributed by atoms with Gasteiger partial charge in [0.1, 0.15) is 5.92 Å². The van der Waals surface area contributed by atoms with Gasteiger partial charge >= 0.3 is 0 Å². The van der Waals surface area contributed by atoms with E-state index < -0.39 is 5.92 Å². The zero-order valence-corrected chi connectivity index (χ0v) is 11.4. The molecule has 6 nitrogen and oxygen atoms in total. The minimum absolute atomic E-state index is 0.00204. The molecule has 1 aliphatic heterocycles. The van der Waals surface area contributed by atoms with Crippen molar-refractivity contribution in [3.63, 3.8) is 0 Å². The predicted octanol–water partition coefficient (Wildman–Crippen LogP) is 0.215. The lowest BCUT2D eigenvalue weighted by Crippen LogP contribution is -2.45. The first-order chi connectivity index (χ1) is 8.47. The summed E-state index contributed by atoms with van der Waals surface area (Å²) >= 11 is 0. The molecule has 1 rings (SSSR count). The molecule has 1 amide bonds. The maximum atomic E-state index is 12.0. The number of likely N-dealkylation sites (N-methyl/N-ethyl adjacent to an activating group) is 1.